The minimum Gasteiger partial charge on any atom is -0.455 e. The number of hydrogen-bond donors (Lipinski definition) is 0. The molecule has 11 aromatic rings. The first-order valence-corrected chi connectivity index (χ1v) is 18.5. The third-order valence-electron chi connectivity index (χ3n) is 10.7. The van der Waals surface area contributed by atoms with Crippen LogP contribution in [0.1, 0.15) is 0 Å². The zero-order valence-corrected chi connectivity index (χ0v) is 29.6. The van der Waals surface area contributed by atoms with Crippen molar-refractivity contribution in [3.05, 3.63) is 188 Å². The van der Waals surface area contributed by atoms with E-state index in [2.05, 4.69) is 188 Å². The van der Waals surface area contributed by atoms with Crippen molar-refractivity contribution < 1.29 is 4.42 Å². The van der Waals surface area contributed by atoms with E-state index in [1.54, 1.807) is 0 Å². The Kier molecular flexibility index (Phi) is 7.14. The third-order valence-corrected chi connectivity index (χ3v) is 10.7. The summed E-state index contributed by atoms with van der Waals surface area (Å²) in [6.07, 6.45) is 0. The Hall–Kier alpha value is -7.43. The zero-order valence-electron chi connectivity index (χ0n) is 29.6. The second-order valence-corrected chi connectivity index (χ2v) is 14.0. The SMILES string of the molecule is c1ccc(-c2cc3c4cccc(-c5nc(-c6ccc(-c7ccc8ccccc8c7)cc6)nc(-c6ccc7ccccc7c6)n5)c4oc3c3ccccc23)cc1. The number of benzene rings is 9. The van der Waals surface area contributed by atoms with Gasteiger partial charge in [0.05, 0.1) is 5.56 Å². The molecule has 2 heterocycles. The Morgan fingerprint density at radius 2 is 0.800 bits per heavy atom. The molecule has 0 amide bonds. The van der Waals surface area contributed by atoms with Gasteiger partial charge < -0.3 is 4.42 Å². The van der Waals surface area contributed by atoms with Crippen LogP contribution in [0.25, 0.3) is 111 Å². The fraction of sp³-hybridized carbons (Fsp3) is 0. The van der Waals surface area contributed by atoms with E-state index in [0.717, 1.165) is 65.9 Å². The van der Waals surface area contributed by atoms with E-state index < -0.39 is 0 Å². The molecule has 0 radical (unpaired) electrons. The van der Waals surface area contributed by atoms with Gasteiger partial charge in [-0.1, -0.05) is 164 Å². The molecule has 2 aromatic heterocycles. The molecule has 0 aliphatic rings. The van der Waals surface area contributed by atoms with Crippen LogP contribution in [0.4, 0.5) is 0 Å². The first-order valence-electron chi connectivity index (χ1n) is 18.5. The summed E-state index contributed by atoms with van der Waals surface area (Å²) in [5, 5.41) is 9.03. The summed E-state index contributed by atoms with van der Waals surface area (Å²) >= 11 is 0. The second-order valence-electron chi connectivity index (χ2n) is 14.0. The van der Waals surface area contributed by atoms with Gasteiger partial charge in [0.15, 0.2) is 17.5 Å². The summed E-state index contributed by atoms with van der Waals surface area (Å²) < 4.78 is 6.89. The molecule has 0 saturated heterocycles. The molecule has 0 aliphatic carbocycles. The maximum Gasteiger partial charge on any atom is 0.167 e. The fourth-order valence-electron chi connectivity index (χ4n) is 7.92. The largest absolute Gasteiger partial charge is 0.455 e. The Morgan fingerprint density at radius 1 is 0.273 bits per heavy atom. The van der Waals surface area contributed by atoms with Crippen LogP contribution in [0.15, 0.2) is 192 Å². The molecule has 0 bridgehead atoms. The van der Waals surface area contributed by atoms with Crippen molar-refractivity contribution >= 4 is 54.3 Å². The quantitative estimate of drug-likeness (QED) is 0.179. The van der Waals surface area contributed by atoms with E-state index in [-0.39, 0.29) is 0 Å². The van der Waals surface area contributed by atoms with Crippen molar-refractivity contribution in [1.82, 2.24) is 15.0 Å². The van der Waals surface area contributed by atoms with Crippen LogP contribution in [0.2, 0.25) is 0 Å². The van der Waals surface area contributed by atoms with Gasteiger partial charge in [0.25, 0.3) is 0 Å². The van der Waals surface area contributed by atoms with Gasteiger partial charge in [-0.15, -0.1) is 0 Å². The van der Waals surface area contributed by atoms with Crippen LogP contribution >= 0.6 is 0 Å². The van der Waals surface area contributed by atoms with Gasteiger partial charge in [-0.3, -0.25) is 0 Å². The third kappa shape index (κ3) is 5.34. The molecule has 4 nitrogen and oxygen atoms in total. The highest BCUT2D eigenvalue weighted by Crippen LogP contribution is 2.42. The van der Waals surface area contributed by atoms with Crippen LogP contribution in [-0.4, -0.2) is 15.0 Å². The highest BCUT2D eigenvalue weighted by molar-refractivity contribution is 6.20. The Labute approximate surface area is 317 Å². The van der Waals surface area contributed by atoms with Crippen molar-refractivity contribution in [3.63, 3.8) is 0 Å². The highest BCUT2D eigenvalue weighted by Gasteiger charge is 2.20. The second kappa shape index (κ2) is 12.6. The van der Waals surface area contributed by atoms with Crippen LogP contribution in [0.5, 0.6) is 0 Å². The van der Waals surface area contributed by atoms with E-state index in [9.17, 15) is 0 Å². The number of furan rings is 1. The molecule has 9 aromatic carbocycles. The predicted octanol–water partition coefficient (Wildman–Crippen LogP) is 13.6. The van der Waals surface area contributed by atoms with Gasteiger partial charge in [-0.25, -0.2) is 15.0 Å². The number of nitrogens with zero attached hydrogens (tertiary/aromatic N) is 3. The maximum absolute atomic E-state index is 6.89. The Bertz CT molecular complexity index is 3260. The molecule has 11 rings (SSSR count). The van der Waals surface area contributed by atoms with Crippen LogP contribution < -0.4 is 0 Å². The van der Waals surface area contributed by atoms with E-state index in [1.165, 1.54) is 27.3 Å². The lowest BCUT2D eigenvalue weighted by molar-refractivity contribution is 0.673. The lowest BCUT2D eigenvalue weighted by atomic mass is 9.95. The smallest absolute Gasteiger partial charge is 0.167 e. The summed E-state index contributed by atoms with van der Waals surface area (Å²) in [5.41, 5.74) is 8.89. The molecular weight excluding hydrogens is 671 g/mol. The molecule has 256 valence electrons. The van der Waals surface area contributed by atoms with Gasteiger partial charge in [-0.2, -0.15) is 0 Å². The summed E-state index contributed by atoms with van der Waals surface area (Å²) in [7, 11) is 0. The number of para-hydroxylation sites is 1. The van der Waals surface area contributed by atoms with Crippen LogP contribution in [0, 0.1) is 0 Å². The summed E-state index contributed by atoms with van der Waals surface area (Å²) in [6.45, 7) is 0. The Morgan fingerprint density at radius 3 is 1.55 bits per heavy atom. The van der Waals surface area contributed by atoms with E-state index in [4.69, 9.17) is 19.4 Å². The minimum absolute atomic E-state index is 0.559. The van der Waals surface area contributed by atoms with Gasteiger partial charge in [-0.05, 0) is 73.5 Å². The molecule has 0 fully saturated rings. The lowest BCUT2D eigenvalue weighted by Gasteiger charge is -2.10. The van der Waals surface area contributed by atoms with Crippen molar-refractivity contribution in [2.75, 3.05) is 0 Å². The minimum atomic E-state index is 0.559. The van der Waals surface area contributed by atoms with Crippen LogP contribution in [-0.2, 0) is 0 Å². The maximum atomic E-state index is 6.89. The number of aromatic nitrogens is 3. The number of hydrogen-bond acceptors (Lipinski definition) is 4. The average Bonchev–Trinajstić information content (AvgIpc) is 3.65. The van der Waals surface area contributed by atoms with Crippen molar-refractivity contribution in [2.24, 2.45) is 0 Å². The lowest BCUT2D eigenvalue weighted by Crippen LogP contribution is -2.00. The standard InChI is InChI=1S/C51H31N3O/c1-2-13-35(14-3-1)45-31-46-43-19-10-20-44(47(43)55-48(46)42-18-9-8-17-41(42)45)51-53-49(52-50(54-51)40-28-24-33-12-5-7-16-38(33)30-40)36-25-21-34(22-26-36)39-27-23-32-11-4-6-15-37(32)29-39/h1-31H. The first kappa shape index (κ1) is 31.1. The molecular formula is C51H31N3O. The molecule has 0 unspecified atom stereocenters. The number of fused-ring (bicyclic) bond motifs is 7. The molecule has 0 saturated carbocycles. The first-order chi connectivity index (χ1) is 27.2. The molecule has 0 aliphatic heterocycles. The van der Waals surface area contributed by atoms with Crippen molar-refractivity contribution in [3.8, 4) is 56.4 Å². The molecule has 4 heteroatoms. The predicted molar refractivity (Wildman–Crippen MR) is 227 cm³/mol. The van der Waals surface area contributed by atoms with Crippen LogP contribution in [0.3, 0.4) is 0 Å². The zero-order chi connectivity index (χ0) is 36.3. The molecule has 0 atom stereocenters. The van der Waals surface area contributed by atoms with E-state index in [0.29, 0.717) is 17.5 Å². The number of rotatable bonds is 5. The molecule has 0 N–H and O–H groups in total. The summed E-state index contributed by atoms with van der Waals surface area (Å²) in [4.78, 5) is 15.4. The molecule has 0 spiro atoms. The van der Waals surface area contributed by atoms with Gasteiger partial charge in [0.1, 0.15) is 11.2 Å². The normalized spacial score (nSPS) is 11.6. The van der Waals surface area contributed by atoms with Gasteiger partial charge >= 0.3 is 0 Å². The highest BCUT2D eigenvalue weighted by atomic mass is 16.3. The van der Waals surface area contributed by atoms with E-state index in [1.807, 2.05) is 0 Å². The monoisotopic (exact) mass is 701 g/mol. The average molecular weight is 702 g/mol. The molecule has 55 heavy (non-hydrogen) atoms. The summed E-state index contributed by atoms with van der Waals surface area (Å²) in [6, 6.07) is 65.8. The summed E-state index contributed by atoms with van der Waals surface area (Å²) in [5.74, 6) is 1.77. The van der Waals surface area contributed by atoms with Crippen molar-refractivity contribution in [1.29, 1.82) is 0 Å². The van der Waals surface area contributed by atoms with Gasteiger partial charge in [0.2, 0.25) is 0 Å². The topological polar surface area (TPSA) is 51.8 Å². The fourth-order valence-corrected chi connectivity index (χ4v) is 7.92. The van der Waals surface area contributed by atoms with Crippen molar-refractivity contribution in [2.45, 2.75) is 0 Å². The Balaban J connectivity index is 1.10. The van der Waals surface area contributed by atoms with E-state index >= 15 is 0 Å². The van der Waals surface area contributed by atoms with Gasteiger partial charge in [0, 0.05) is 27.3 Å².